The zero-order valence-corrected chi connectivity index (χ0v) is 13.6. The van der Waals surface area contributed by atoms with Crippen LogP contribution in [0.1, 0.15) is 18.5 Å². The summed E-state index contributed by atoms with van der Waals surface area (Å²) in [6.45, 7) is 5.46. The van der Waals surface area contributed by atoms with Crippen LogP contribution in [0.3, 0.4) is 0 Å². The van der Waals surface area contributed by atoms with Crippen molar-refractivity contribution in [2.45, 2.75) is 19.8 Å². The summed E-state index contributed by atoms with van der Waals surface area (Å²) in [6.07, 6.45) is 2.43. The van der Waals surface area contributed by atoms with E-state index in [0.29, 0.717) is 17.6 Å². The highest BCUT2D eigenvalue weighted by Crippen LogP contribution is 2.17. The van der Waals surface area contributed by atoms with Crippen molar-refractivity contribution in [3.8, 4) is 0 Å². The lowest BCUT2D eigenvalue weighted by Gasteiger charge is -2.31. The Morgan fingerprint density at radius 3 is 3.05 bits per heavy atom. The maximum Gasteiger partial charge on any atom is 0.240 e. The number of anilines is 1. The molecule has 0 spiro atoms. The highest BCUT2D eigenvalue weighted by atomic mass is 35.5. The van der Waals surface area contributed by atoms with Gasteiger partial charge in [-0.1, -0.05) is 0 Å². The van der Waals surface area contributed by atoms with Crippen LogP contribution in [0.15, 0.2) is 5.38 Å². The lowest BCUT2D eigenvalue weighted by molar-refractivity contribution is -0.117. The maximum absolute atomic E-state index is 12.0. The Bertz CT molecular complexity index is 424. The number of amides is 1. The first-order valence-electron chi connectivity index (χ1n) is 6.76. The van der Waals surface area contributed by atoms with E-state index < -0.39 is 0 Å². The highest BCUT2D eigenvalue weighted by Gasteiger charge is 2.21. The molecule has 0 radical (unpaired) electrons. The number of nitrogens with zero attached hydrogens (tertiary/aromatic N) is 2. The van der Waals surface area contributed by atoms with E-state index in [1.54, 1.807) is 0 Å². The van der Waals surface area contributed by atoms with E-state index in [1.807, 2.05) is 19.4 Å². The summed E-state index contributed by atoms with van der Waals surface area (Å²) in [5.74, 6) is 0.702. The third-order valence-electron chi connectivity index (χ3n) is 3.33. The van der Waals surface area contributed by atoms with Crippen molar-refractivity contribution in [3.63, 3.8) is 0 Å². The van der Waals surface area contributed by atoms with Gasteiger partial charge >= 0.3 is 0 Å². The molecule has 1 aliphatic rings. The number of rotatable bonds is 5. The van der Waals surface area contributed by atoms with Crippen molar-refractivity contribution >= 4 is 34.8 Å². The molecular formula is C13H23ClN4OS. The Morgan fingerprint density at radius 1 is 1.60 bits per heavy atom. The van der Waals surface area contributed by atoms with Crippen LogP contribution >= 0.6 is 23.7 Å². The molecule has 2 N–H and O–H groups in total. The number of nitrogens with one attached hydrogen (secondary N) is 2. The van der Waals surface area contributed by atoms with E-state index in [-0.39, 0.29) is 18.3 Å². The lowest BCUT2D eigenvalue weighted by atomic mass is 9.98. The molecule has 20 heavy (non-hydrogen) atoms. The van der Waals surface area contributed by atoms with Crippen molar-refractivity contribution in [2.75, 3.05) is 38.5 Å². The second-order valence-corrected chi connectivity index (χ2v) is 6.00. The minimum Gasteiger partial charge on any atom is -0.319 e. The van der Waals surface area contributed by atoms with Gasteiger partial charge in [-0.15, -0.1) is 23.7 Å². The van der Waals surface area contributed by atoms with E-state index in [2.05, 4.69) is 20.5 Å². The van der Waals surface area contributed by atoms with Gasteiger partial charge in [0.15, 0.2) is 5.13 Å². The van der Waals surface area contributed by atoms with Gasteiger partial charge in [0.1, 0.15) is 0 Å². The third kappa shape index (κ3) is 5.36. The van der Waals surface area contributed by atoms with Crippen molar-refractivity contribution in [2.24, 2.45) is 5.92 Å². The first kappa shape index (κ1) is 17.4. The monoisotopic (exact) mass is 318 g/mol. The number of piperidine rings is 1. The van der Waals surface area contributed by atoms with Gasteiger partial charge in [-0.25, -0.2) is 4.98 Å². The largest absolute Gasteiger partial charge is 0.319 e. The van der Waals surface area contributed by atoms with Gasteiger partial charge in [0.2, 0.25) is 5.91 Å². The van der Waals surface area contributed by atoms with E-state index in [4.69, 9.17) is 0 Å². The standard InChI is InChI=1S/C13H22N4OS.ClH/c1-10-9-19-13(15-10)16-12(18)8-17-5-3-4-11(7-17)6-14-2;/h9,11,14H,3-8H2,1-2H3,(H,15,16,18);1H. The topological polar surface area (TPSA) is 57.3 Å². The quantitative estimate of drug-likeness (QED) is 0.868. The SMILES string of the molecule is CNCC1CCCN(CC(=O)Nc2nc(C)cs2)C1.Cl. The second kappa shape index (κ2) is 8.56. The number of halogens is 1. The third-order valence-corrected chi connectivity index (χ3v) is 4.20. The van der Waals surface area contributed by atoms with Crippen LogP contribution in [0.4, 0.5) is 5.13 Å². The van der Waals surface area contributed by atoms with Gasteiger partial charge in [0.25, 0.3) is 0 Å². The Hall–Kier alpha value is -0.690. The molecule has 0 aromatic carbocycles. The first-order valence-corrected chi connectivity index (χ1v) is 7.64. The van der Waals surface area contributed by atoms with Crippen molar-refractivity contribution in [3.05, 3.63) is 11.1 Å². The average Bonchev–Trinajstić information content (AvgIpc) is 2.75. The van der Waals surface area contributed by atoms with Gasteiger partial charge in [-0.2, -0.15) is 0 Å². The van der Waals surface area contributed by atoms with Crippen LogP contribution < -0.4 is 10.6 Å². The number of hydrogen-bond acceptors (Lipinski definition) is 5. The van der Waals surface area contributed by atoms with Crippen LogP contribution in [0, 0.1) is 12.8 Å². The smallest absolute Gasteiger partial charge is 0.240 e. The number of hydrogen-bond donors (Lipinski definition) is 2. The minimum absolute atomic E-state index is 0. The Kier molecular flexibility index (Phi) is 7.43. The number of carbonyl (C=O) groups excluding carboxylic acids is 1. The van der Waals surface area contributed by atoms with Gasteiger partial charge in [-0.05, 0) is 45.8 Å². The molecule has 1 aliphatic heterocycles. The summed E-state index contributed by atoms with van der Waals surface area (Å²) in [6, 6.07) is 0. The Morgan fingerprint density at radius 2 is 2.40 bits per heavy atom. The molecule has 1 aromatic heterocycles. The summed E-state index contributed by atoms with van der Waals surface area (Å²) < 4.78 is 0. The molecule has 7 heteroatoms. The van der Waals surface area contributed by atoms with Crippen molar-refractivity contribution in [1.82, 2.24) is 15.2 Å². The molecular weight excluding hydrogens is 296 g/mol. The van der Waals surface area contributed by atoms with E-state index in [0.717, 1.165) is 25.3 Å². The van der Waals surface area contributed by atoms with Gasteiger partial charge in [-0.3, -0.25) is 9.69 Å². The van der Waals surface area contributed by atoms with Gasteiger partial charge in [0, 0.05) is 11.9 Å². The molecule has 1 unspecified atom stereocenters. The molecule has 5 nitrogen and oxygen atoms in total. The number of carbonyl (C=O) groups is 1. The van der Waals surface area contributed by atoms with Crippen LogP contribution in [0.2, 0.25) is 0 Å². The number of thiazole rings is 1. The molecule has 1 saturated heterocycles. The summed E-state index contributed by atoms with van der Waals surface area (Å²) >= 11 is 1.48. The van der Waals surface area contributed by atoms with Crippen LogP contribution in [-0.4, -0.2) is 49.0 Å². The summed E-state index contributed by atoms with van der Waals surface area (Å²) in [5, 5.41) is 8.73. The maximum atomic E-state index is 12.0. The van der Waals surface area contributed by atoms with Crippen LogP contribution in [-0.2, 0) is 4.79 Å². The number of aromatic nitrogens is 1. The summed E-state index contributed by atoms with van der Waals surface area (Å²) in [4.78, 5) is 18.4. The molecule has 2 rings (SSSR count). The molecule has 0 aliphatic carbocycles. The van der Waals surface area contributed by atoms with Crippen molar-refractivity contribution in [1.29, 1.82) is 0 Å². The van der Waals surface area contributed by atoms with Crippen LogP contribution in [0.25, 0.3) is 0 Å². The van der Waals surface area contributed by atoms with Crippen molar-refractivity contribution < 1.29 is 4.79 Å². The highest BCUT2D eigenvalue weighted by molar-refractivity contribution is 7.13. The first-order chi connectivity index (χ1) is 9.17. The molecule has 1 fully saturated rings. The average molecular weight is 319 g/mol. The zero-order chi connectivity index (χ0) is 13.7. The van der Waals surface area contributed by atoms with E-state index >= 15 is 0 Å². The summed E-state index contributed by atoms with van der Waals surface area (Å²) in [7, 11) is 1.98. The zero-order valence-electron chi connectivity index (χ0n) is 12.0. The number of likely N-dealkylation sites (tertiary alicyclic amines) is 1. The molecule has 1 atom stereocenters. The molecule has 1 amide bonds. The Labute approximate surface area is 130 Å². The fraction of sp³-hybridized carbons (Fsp3) is 0.692. The predicted molar refractivity (Wildman–Crippen MR) is 85.8 cm³/mol. The fourth-order valence-electron chi connectivity index (χ4n) is 2.52. The lowest BCUT2D eigenvalue weighted by Crippen LogP contribution is -2.42. The number of aryl methyl sites for hydroxylation is 1. The van der Waals surface area contributed by atoms with Crippen LogP contribution in [0.5, 0.6) is 0 Å². The van der Waals surface area contributed by atoms with E-state index in [1.165, 1.54) is 24.2 Å². The van der Waals surface area contributed by atoms with E-state index in [9.17, 15) is 4.79 Å². The fourth-order valence-corrected chi connectivity index (χ4v) is 3.23. The van der Waals surface area contributed by atoms with Gasteiger partial charge < -0.3 is 10.6 Å². The molecule has 2 heterocycles. The molecule has 0 bridgehead atoms. The van der Waals surface area contributed by atoms with Gasteiger partial charge in [0.05, 0.1) is 12.2 Å². The predicted octanol–water partition coefficient (Wildman–Crippen LogP) is 1.74. The summed E-state index contributed by atoms with van der Waals surface area (Å²) in [5.41, 5.74) is 0.951. The minimum atomic E-state index is 0. The Balaban J connectivity index is 0.00000200. The normalized spacial score (nSPS) is 19.4. The molecule has 0 saturated carbocycles. The second-order valence-electron chi connectivity index (χ2n) is 5.14. The molecule has 114 valence electrons. The molecule has 1 aromatic rings.